The Morgan fingerprint density at radius 3 is 2.78 bits per heavy atom. The molecule has 18 heavy (non-hydrogen) atoms. The van der Waals surface area contributed by atoms with Crippen molar-refractivity contribution in [1.82, 2.24) is 10.2 Å². The Bertz CT molecular complexity index is 244. The molecule has 0 bridgehead atoms. The van der Waals surface area contributed by atoms with Gasteiger partial charge in [-0.25, -0.2) is 0 Å². The highest BCUT2D eigenvalue weighted by Gasteiger charge is 2.27. The maximum absolute atomic E-state index is 11.1. The summed E-state index contributed by atoms with van der Waals surface area (Å²) in [4.78, 5) is 13.6. The van der Waals surface area contributed by atoms with Crippen molar-refractivity contribution in [3.8, 4) is 0 Å². The van der Waals surface area contributed by atoms with E-state index in [1.807, 2.05) is 0 Å². The quantitative estimate of drug-likeness (QED) is 0.438. The maximum atomic E-state index is 11.1. The number of carbonyl (C=O) groups excluding carboxylic acids is 1. The molecule has 1 aliphatic carbocycles. The normalized spacial score (nSPS) is 16.9. The van der Waals surface area contributed by atoms with Gasteiger partial charge in [0, 0.05) is 25.7 Å². The van der Waals surface area contributed by atoms with E-state index < -0.39 is 6.10 Å². The summed E-state index contributed by atoms with van der Waals surface area (Å²) in [6.45, 7) is 7.69. The first-order valence-corrected chi connectivity index (χ1v) is 6.95. The molecule has 5 heteroatoms. The number of esters is 1. The van der Waals surface area contributed by atoms with Gasteiger partial charge in [0.05, 0.1) is 19.1 Å². The lowest BCUT2D eigenvalue weighted by Crippen LogP contribution is -2.37. The summed E-state index contributed by atoms with van der Waals surface area (Å²) in [6, 6.07) is 0.779. The van der Waals surface area contributed by atoms with Crippen LogP contribution in [-0.4, -0.2) is 60.9 Å². The van der Waals surface area contributed by atoms with Crippen molar-refractivity contribution in [3.63, 3.8) is 0 Å². The van der Waals surface area contributed by atoms with Crippen molar-refractivity contribution < 1.29 is 14.6 Å². The van der Waals surface area contributed by atoms with Gasteiger partial charge in [-0.2, -0.15) is 0 Å². The van der Waals surface area contributed by atoms with Crippen LogP contribution in [0.5, 0.6) is 0 Å². The average Bonchev–Trinajstić information content (AvgIpc) is 3.13. The molecule has 0 aromatic rings. The molecule has 0 aromatic carbocycles. The van der Waals surface area contributed by atoms with E-state index in [0.29, 0.717) is 13.2 Å². The summed E-state index contributed by atoms with van der Waals surface area (Å²) in [5.41, 5.74) is 0. The van der Waals surface area contributed by atoms with E-state index in [0.717, 1.165) is 25.7 Å². The summed E-state index contributed by atoms with van der Waals surface area (Å²) in [6.07, 6.45) is 2.06. The van der Waals surface area contributed by atoms with E-state index in [9.17, 15) is 9.90 Å². The Labute approximate surface area is 109 Å². The summed E-state index contributed by atoms with van der Waals surface area (Å²) in [5.74, 6) is -0.333. The second-order valence-corrected chi connectivity index (χ2v) is 4.73. The third-order valence-electron chi connectivity index (χ3n) is 3.13. The SMILES string of the molecule is CCOC(=O)CC(O)CNCCN(CC)C1CC1. The third kappa shape index (κ3) is 6.33. The van der Waals surface area contributed by atoms with E-state index in [1.165, 1.54) is 12.8 Å². The molecule has 0 heterocycles. The van der Waals surface area contributed by atoms with Crippen molar-refractivity contribution in [1.29, 1.82) is 0 Å². The number of nitrogens with zero attached hydrogens (tertiary/aromatic N) is 1. The van der Waals surface area contributed by atoms with E-state index >= 15 is 0 Å². The molecule has 106 valence electrons. The molecule has 1 saturated carbocycles. The van der Waals surface area contributed by atoms with Crippen LogP contribution in [0.4, 0.5) is 0 Å². The van der Waals surface area contributed by atoms with Crippen LogP contribution in [-0.2, 0) is 9.53 Å². The fraction of sp³-hybridized carbons (Fsp3) is 0.923. The van der Waals surface area contributed by atoms with Crippen LogP contribution in [0.3, 0.4) is 0 Å². The molecule has 1 fully saturated rings. The smallest absolute Gasteiger partial charge is 0.308 e. The minimum Gasteiger partial charge on any atom is -0.466 e. The van der Waals surface area contributed by atoms with Crippen LogP contribution >= 0.6 is 0 Å². The molecule has 0 aliphatic heterocycles. The first kappa shape index (κ1) is 15.4. The summed E-state index contributed by atoms with van der Waals surface area (Å²) < 4.78 is 4.78. The van der Waals surface area contributed by atoms with Crippen LogP contribution in [0.15, 0.2) is 0 Å². The lowest BCUT2D eigenvalue weighted by atomic mass is 10.2. The monoisotopic (exact) mass is 258 g/mol. The highest BCUT2D eigenvalue weighted by molar-refractivity contribution is 5.69. The van der Waals surface area contributed by atoms with Crippen LogP contribution in [0, 0.1) is 0 Å². The minimum atomic E-state index is -0.653. The second kappa shape index (κ2) is 8.45. The molecule has 0 radical (unpaired) electrons. The van der Waals surface area contributed by atoms with Crippen LogP contribution < -0.4 is 5.32 Å². The van der Waals surface area contributed by atoms with Gasteiger partial charge in [0.15, 0.2) is 0 Å². The average molecular weight is 258 g/mol. The van der Waals surface area contributed by atoms with Crippen molar-refractivity contribution in [2.45, 2.75) is 45.3 Å². The lowest BCUT2D eigenvalue weighted by Gasteiger charge is -2.20. The van der Waals surface area contributed by atoms with Gasteiger partial charge >= 0.3 is 5.97 Å². The number of hydrogen-bond acceptors (Lipinski definition) is 5. The highest BCUT2D eigenvalue weighted by Crippen LogP contribution is 2.25. The Morgan fingerprint density at radius 1 is 1.50 bits per heavy atom. The Balaban J connectivity index is 2.00. The Hall–Kier alpha value is -0.650. The van der Waals surface area contributed by atoms with Gasteiger partial charge in [-0.1, -0.05) is 6.92 Å². The topological polar surface area (TPSA) is 61.8 Å². The third-order valence-corrected chi connectivity index (χ3v) is 3.13. The van der Waals surface area contributed by atoms with Gasteiger partial charge in [0.2, 0.25) is 0 Å². The van der Waals surface area contributed by atoms with E-state index in [-0.39, 0.29) is 12.4 Å². The summed E-state index contributed by atoms with van der Waals surface area (Å²) in [5, 5.41) is 12.8. The van der Waals surface area contributed by atoms with Gasteiger partial charge in [0.25, 0.3) is 0 Å². The molecule has 1 rings (SSSR count). The predicted octanol–water partition coefficient (Wildman–Crippen LogP) is 0.374. The molecular weight excluding hydrogens is 232 g/mol. The summed E-state index contributed by atoms with van der Waals surface area (Å²) in [7, 11) is 0. The Morgan fingerprint density at radius 2 is 2.22 bits per heavy atom. The number of aliphatic hydroxyl groups excluding tert-OH is 1. The van der Waals surface area contributed by atoms with Gasteiger partial charge in [-0.3, -0.25) is 9.69 Å². The Kier molecular flexibility index (Phi) is 7.23. The molecule has 0 amide bonds. The summed E-state index contributed by atoms with van der Waals surface area (Å²) >= 11 is 0. The fourth-order valence-corrected chi connectivity index (χ4v) is 2.01. The molecule has 0 aromatic heterocycles. The standard InChI is InChI=1S/C13H26N2O3/c1-3-15(11-5-6-11)8-7-14-10-12(16)9-13(17)18-4-2/h11-12,14,16H,3-10H2,1-2H3. The first-order valence-electron chi connectivity index (χ1n) is 6.95. The van der Waals surface area contributed by atoms with Gasteiger partial charge < -0.3 is 15.2 Å². The number of hydrogen-bond donors (Lipinski definition) is 2. The zero-order valence-corrected chi connectivity index (χ0v) is 11.5. The van der Waals surface area contributed by atoms with E-state index in [1.54, 1.807) is 6.92 Å². The van der Waals surface area contributed by atoms with Gasteiger partial charge in [-0.05, 0) is 26.3 Å². The molecule has 0 saturated heterocycles. The number of aliphatic hydroxyl groups is 1. The van der Waals surface area contributed by atoms with Crippen molar-refractivity contribution >= 4 is 5.97 Å². The number of ether oxygens (including phenoxy) is 1. The van der Waals surface area contributed by atoms with Crippen LogP contribution in [0.2, 0.25) is 0 Å². The number of likely N-dealkylation sites (N-methyl/N-ethyl adjacent to an activating group) is 1. The largest absolute Gasteiger partial charge is 0.466 e. The van der Waals surface area contributed by atoms with Crippen LogP contribution in [0.25, 0.3) is 0 Å². The first-order chi connectivity index (χ1) is 8.67. The zero-order valence-electron chi connectivity index (χ0n) is 11.5. The maximum Gasteiger partial charge on any atom is 0.308 e. The number of carbonyl (C=O) groups is 1. The number of nitrogens with one attached hydrogen (secondary N) is 1. The molecular formula is C13H26N2O3. The second-order valence-electron chi connectivity index (χ2n) is 4.73. The fourth-order valence-electron chi connectivity index (χ4n) is 2.01. The highest BCUT2D eigenvalue weighted by atomic mass is 16.5. The van der Waals surface area contributed by atoms with Crippen molar-refractivity contribution in [3.05, 3.63) is 0 Å². The predicted molar refractivity (Wildman–Crippen MR) is 70.4 cm³/mol. The van der Waals surface area contributed by atoms with Crippen molar-refractivity contribution in [2.75, 3.05) is 32.8 Å². The van der Waals surface area contributed by atoms with Crippen molar-refractivity contribution in [2.24, 2.45) is 0 Å². The lowest BCUT2D eigenvalue weighted by molar-refractivity contribution is -0.145. The molecule has 1 unspecified atom stereocenters. The molecule has 5 nitrogen and oxygen atoms in total. The van der Waals surface area contributed by atoms with Gasteiger partial charge in [-0.15, -0.1) is 0 Å². The molecule has 2 N–H and O–H groups in total. The number of rotatable bonds is 10. The van der Waals surface area contributed by atoms with E-state index in [4.69, 9.17) is 4.74 Å². The zero-order chi connectivity index (χ0) is 13.4. The molecule has 0 spiro atoms. The minimum absolute atomic E-state index is 0.0704. The van der Waals surface area contributed by atoms with E-state index in [2.05, 4.69) is 17.1 Å². The van der Waals surface area contributed by atoms with Crippen LogP contribution in [0.1, 0.15) is 33.1 Å². The van der Waals surface area contributed by atoms with Gasteiger partial charge in [0.1, 0.15) is 0 Å². The molecule has 1 aliphatic rings. The molecule has 1 atom stereocenters.